The number of rotatable bonds is 7. The van der Waals surface area contributed by atoms with Gasteiger partial charge in [-0.1, -0.05) is 54.1 Å². The van der Waals surface area contributed by atoms with E-state index in [-0.39, 0.29) is 25.0 Å². The van der Waals surface area contributed by atoms with Crippen LogP contribution in [0.1, 0.15) is 16.8 Å². The highest BCUT2D eigenvalue weighted by Crippen LogP contribution is 2.25. The largest absolute Gasteiger partial charge is 0.394 e. The van der Waals surface area contributed by atoms with Crippen LogP contribution >= 0.6 is 11.6 Å². The fourth-order valence-corrected chi connectivity index (χ4v) is 3.14. The zero-order chi connectivity index (χ0) is 19.2. The Labute approximate surface area is 163 Å². The first-order valence-corrected chi connectivity index (χ1v) is 9.18. The number of aromatic amines is 1. The first-order chi connectivity index (χ1) is 13.1. The number of halogens is 1. The van der Waals surface area contributed by atoms with Crippen molar-refractivity contribution in [2.45, 2.75) is 25.8 Å². The number of benzene rings is 2. The Bertz CT molecular complexity index is 892. The lowest BCUT2D eigenvalue weighted by Crippen LogP contribution is -2.40. The number of hydrogen-bond acceptors (Lipinski definition) is 3. The second-order valence-electron chi connectivity index (χ2n) is 6.50. The van der Waals surface area contributed by atoms with E-state index in [2.05, 4.69) is 15.5 Å². The second kappa shape index (κ2) is 8.84. The molecule has 0 bridgehead atoms. The molecule has 1 amide bonds. The Hall–Kier alpha value is -2.63. The Morgan fingerprint density at radius 2 is 1.89 bits per heavy atom. The third kappa shape index (κ3) is 4.96. The number of aliphatic hydroxyl groups is 1. The summed E-state index contributed by atoms with van der Waals surface area (Å²) in [6.45, 7) is 1.78. The van der Waals surface area contributed by atoms with Gasteiger partial charge in [-0.3, -0.25) is 9.89 Å². The van der Waals surface area contributed by atoms with Gasteiger partial charge in [0, 0.05) is 21.8 Å². The average molecular weight is 384 g/mol. The van der Waals surface area contributed by atoms with Crippen LogP contribution in [0.2, 0.25) is 5.02 Å². The van der Waals surface area contributed by atoms with Gasteiger partial charge >= 0.3 is 0 Å². The van der Waals surface area contributed by atoms with Gasteiger partial charge < -0.3 is 10.4 Å². The molecule has 0 aliphatic heterocycles. The molecular weight excluding hydrogens is 362 g/mol. The minimum absolute atomic E-state index is 0.116. The van der Waals surface area contributed by atoms with Gasteiger partial charge in [-0.2, -0.15) is 5.10 Å². The molecule has 0 aliphatic rings. The van der Waals surface area contributed by atoms with E-state index in [1.807, 2.05) is 49.4 Å². The van der Waals surface area contributed by atoms with Crippen molar-refractivity contribution in [3.63, 3.8) is 0 Å². The molecule has 0 saturated heterocycles. The first-order valence-electron chi connectivity index (χ1n) is 8.80. The van der Waals surface area contributed by atoms with E-state index in [9.17, 15) is 9.90 Å². The summed E-state index contributed by atoms with van der Waals surface area (Å²) in [6.07, 6.45) is 0.767. The number of amides is 1. The predicted molar refractivity (Wildman–Crippen MR) is 107 cm³/mol. The minimum Gasteiger partial charge on any atom is -0.394 e. The summed E-state index contributed by atoms with van der Waals surface area (Å²) in [7, 11) is 0. The Morgan fingerprint density at radius 3 is 2.56 bits per heavy atom. The summed E-state index contributed by atoms with van der Waals surface area (Å²) < 4.78 is 0. The molecule has 5 nitrogen and oxygen atoms in total. The smallest absolute Gasteiger partial charge is 0.224 e. The Morgan fingerprint density at radius 1 is 1.19 bits per heavy atom. The van der Waals surface area contributed by atoms with Gasteiger partial charge in [-0.05, 0) is 31.0 Å². The molecule has 0 aliphatic carbocycles. The maximum Gasteiger partial charge on any atom is 0.224 e. The second-order valence-corrected chi connectivity index (χ2v) is 6.93. The van der Waals surface area contributed by atoms with Crippen molar-refractivity contribution in [2.75, 3.05) is 6.61 Å². The van der Waals surface area contributed by atoms with Crippen LogP contribution < -0.4 is 5.32 Å². The Balaban J connectivity index is 1.70. The number of aliphatic hydroxyl groups excluding tert-OH is 1. The topological polar surface area (TPSA) is 78.0 Å². The maximum atomic E-state index is 12.6. The standard InChI is InChI=1S/C21H22ClN3O2/c1-14-19(21(25-24-14)16-7-9-17(22)10-8-16)12-20(27)23-18(13-26)11-15-5-3-2-4-6-15/h2-10,18,26H,11-13H2,1H3,(H,23,27)(H,24,25)/t18-/m1/s1. The summed E-state index contributed by atoms with van der Waals surface area (Å²) in [5.74, 6) is -0.148. The number of carbonyl (C=O) groups is 1. The van der Waals surface area contributed by atoms with Gasteiger partial charge in [0.2, 0.25) is 5.91 Å². The van der Waals surface area contributed by atoms with Gasteiger partial charge in [-0.15, -0.1) is 0 Å². The summed E-state index contributed by atoms with van der Waals surface area (Å²) in [5.41, 5.74) is 4.39. The molecule has 27 heavy (non-hydrogen) atoms. The molecule has 6 heteroatoms. The minimum atomic E-state index is -0.328. The molecule has 3 rings (SSSR count). The number of H-pyrrole nitrogens is 1. The van der Waals surface area contributed by atoms with Gasteiger partial charge in [0.1, 0.15) is 0 Å². The van der Waals surface area contributed by atoms with Crippen molar-refractivity contribution in [1.29, 1.82) is 0 Å². The molecule has 1 aromatic heterocycles. The van der Waals surface area contributed by atoms with Crippen molar-refractivity contribution in [3.05, 3.63) is 76.4 Å². The van der Waals surface area contributed by atoms with Gasteiger partial charge in [0.15, 0.2) is 0 Å². The van der Waals surface area contributed by atoms with Crippen LogP contribution in [-0.2, 0) is 17.6 Å². The van der Waals surface area contributed by atoms with E-state index in [0.29, 0.717) is 11.4 Å². The van der Waals surface area contributed by atoms with Crippen LogP contribution in [0.4, 0.5) is 0 Å². The molecule has 0 saturated carbocycles. The molecule has 2 aromatic carbocycles. The fourth-order valence-electron chi connectivity index (χ4n) is 3.01. The van der Waals surface area contributed by atoms with Gasteiger partial charge in [-0.25, -0.2) is 0 Å². The monoisotopic (exact) mass is 383 g/mol. The zero-order valence-corrected chi connectivity index (χ0v) is 15.8. The van der Waals surface area contributed by atoms with E-state index in [1.54, 1.807) is 12.1 Å². The number of carbonyl (C=O) groups excluding carboxylic acids is 1. The summed E-state index contributed by atoms with van der Waals surface area (Å²) in [6, 6.07) is 16.8. The lowest BCUT2D eigenvalue weighted by atomic mass is 10.0. The highest BCUT2D eigenvalue weighted by Gasteiger charge is 2.18. The fraction of sp³-hybridized carbons (Fsp3) is 0.238. The van der Waals surface area contributed by atoms with Crippen LogP contribution in [0.3, 0.4) is 0 Å². The SMILES string of the molecule is Cc1[nH]nc(-c2ccc(Cl)cc2)c1CC(=O)N[C@@H](CO)Cc1ccccc1. The van der Waals surface area contributed by atoms with Crippen molar-refractivity contribution in [1.82, 2.24) is 15.5 Å². The first kappa shape index (κ1) is 19.1. The maximum absolute atomic E-state index is 12.6. The van der Waals surface area contributed by atoms with Crippen molar-refractivity contribution >= 4 is 17.5 Å². The van der Waals surface area contributed by atoms with Crippen molar-refractivity contribution in [2.24, 2.45) is 0 Å². The van der Waals surface area contributed by atoms with Crippen LogP contribution in [-0.4, -0.2) is 33.9 Å². The average Bonchev–Trinajstić information content (AvgIpc) is 3.03. The van der Waals surface area contributed by atoms with Crippen molar-refractivity contribution < 1.29 is 9.90 Å². The summed E-state index contributed by atoms with van der Waals surface area (Å²) in [4.78, 5) is 12.6. The summed E-state index contributed by atoms with van der Waals surface area (Å²) in [5, 5.41) is 20.5. The third-order valence-electron chi connectivity index (χ3n) is 4.44. The number of hydrogen-bond donors (Lipinski definition) is 3. The summed E-state index contributed by atoms with van der Waals surface area (Å²) >= 11 is 5.95. The van der Waals surface area contributed by atoms with E-state index >= 15 is 0 Å². The zero-order valence-electron chi connectivity index (χ0n) is 15.1. The normalized spacial score (nSPS) is 12.0. The molecule has 1 heterocycles. The van der Waals surface area contributed by atoms with Crippen LogP contribution in [0.15, 0.2) is 54.6 Å². The van der Waals surface area contributed by atoms with E-state index in [0.717, 1.165) is 28.1 Å². The van der Waals surface area contributed by atoms with Crippen LogP contribution in [0.25, 0.3) is 11.3 Å². The number of aromatic nitrogens is 2. The molecule has 3 N–H and O–H groups in total. The van der Waals surface area contributed by atoms with E-state index in [1.165, 1.54) is 0 Å². The molecule has 0 spiro atoms. The van der Waals surface area contributed by atoms with Crippen molar-refractivity contribution in [3.8, 4) is 11.3 Å². The Kier molecular flexibility index (Phi) is 6.27. The highest BCUT2D eigenvalue weighted by molar-refractivity contribution is 6.30. The lowest BCUT2D eigenvalue weighted by Gasteiger charge is -2.16. The molecule has 3 aromatic rings. The third-order valence-corrected chi connectivity index (χ3v) is 4.69. The number of aryl methyl sites for hydroxylation is 1. The van der Waals surface area contributed by atoms with Crippen LogP contribution in [0.5, 0.6) is 0 Å². The lowest BCUT2D eigenvalue weighted by molar-refractivity contribution is -0.121. The highest BCUT2D eigenvalue weighted by atomic mass is 35.5. The molecule has 0 unspecified atom stereocenters. The van der Waals surface area contributed by atoms with E-state index in [4.69, 9.17) is 11.6 Å². The molecule has 140 valence electrons. The molecule has 0 fully saturated rings. The van der Waals surface area contributed by atoms with E-state index < -0.39 is 0 Å². The predicted octanol–water partition coefficient (Wildman–Crippen LogP) is 3.30. The van der Waals surface area contributed by atoms with Gasteiger partial charge in [0.05, 0.1) is 24.8 Å². The molecular formula is C21H22ClN3O2. The van der Waals surface area contributed by atoms with Gasteiger partial charge in [0.25, 0.3) is 0 Å². The number of nitrogens with one attached hydrogen (secondary N) is 2. The molecule has 1 atom stereocenters. The quantitative estimate of drug-likeness (QED) is 0.585. The number of nitrogens with zero attached hydrogens (tertiary/aromatic N) is 1. The van der Waals surface area contributed by atoms with Crippen LogP contribution in [0, 0.1) is 6.92 Å². The molecule has 0 radical (unpaired) electrons.